The van der Waals surface area contributed by atoms with E-state index in [9.17, 15) is 19.7 Å². The minimum absolute atomic E-state index is 0.0185. The van der Waals surface area contributed by atoms with Gasteiger partial charge in [0.05, 0.1) is 41.0 Å². The first-order chi connectivity index (χ1) is 17.2. The van der Waals surface area contributed by atoms with Gasteiger partial charge in [0.1, 0.15) is 5.75 Å². The predicted octanol–water partition coefficient (Wildman–Crippen LogP) is 4.02. The van der Waals surface area contributed by atoms with Crippen molar-refractivity contribution < 1.29 is 19.2 Å². The Morgan fingerprint density at radius 2 is 1.92 bits per heavy atom. The van der Waals surface area contributed by atoms with E-state index in [0.29, 0.717) is 17.5 Å². The van der Waals surface area contributed by atoms with Gasteiger partial charge in [-0.15, -0.1) is 10.2 Å². The number of carbonyl (C=O) groups is 2. The van der Waals surface area contributed by atoms with Crippen LogP contribution >= 0.6 is 23.4 Å². The summed E-state index contributed by atoms with van der Waals surface area (Å²) >= 11 is 7.20. The van der Waals surface area contributed by atoms with Gasteiger partial charge in [-0.3, -0.25) is 19.7 Å². The first kappa shape index (κ1) is 27.0. The van der Waals surface area contributed by atoms with Gasteiger partial charge in [0.25, 0.3) is 5.69 Å². The Balaban J connectivity index is 1.59. The molecule has 0 spiro atoms. The Bertz CT molecular complexity index is 1250. The Labute approximate surface area is 216 Å². The number of carbonyl (C=O) groups excluding carboxylic acids is 2. The molecule has 0 aliphatic rings. The molecule has 0 saturated carbocycles. The molecule has 0 fully saturated rings. The molecule has 1 heterocycles. The quantitative estimate of drug-likeness (QED) is 0.214. The molecule has 0 aliphatic carbocycles. The fourth-order valence-corrected chi connectivity index (χ4v) is 4.32. The maximum Gasteiger partial charge on any atom is 0.271 e. The third-order valence-corrected chi connectivity index (χ3v) is 6.41. The Hall–Kier alpha value is -3.64. The molecule has 0 aliphatic heterocycles. The topological polar surface area (TPSA) is 141 Å². The van der Waals surface area contributed by atoms with Crippen molar-refractivity contribution >= 4 is 46.6 Å². The minimum atomic E-state index is -0.567. The Morgan fingerprint density at radius 1 is 1.19 bits per heavy atom. The largest absolute Gasteiger partial charge is 0.497 e. The number of ether oxygens (including phenoxy) is 1. The molecular formula is C23H25ClN6O5S. The summed E-state index contributed by atoms with van der Waals surface area (Å²) in [6.45, 7) is 4.25. The molecule has 3 aromatic rings. The number of methoxy groups -OCH3 is 1. The van der Waals surface area contributed by atoms with Crippen molar-refractivity contribution in [2.75, 3.05) is 18.2 Å². The fraction of sp³-hybridized carbons (Fsp3) is 0.304. The van der Waals surface area contributed by atoms with Crippen LogP contribution < -0.4 is 15.4 Å². The molecule has 0 saturated heterocycles. The molecule has 11 nitrogen and oxygen atoms in total. The normalized spacial score (nSPS) is 11.6. The number of aromatic nitrogens is 3. The molecule has 1 aromatic heterocycles. The molecule has 36 heavy (non-hydrogen) atoms. The third-order valence-electron chi connectivity index (χ3n) is 5.12. The second-order valence-electron chi connectivity index (χ2n) is 7.66. The van der Waals surface area contributed by atoms with E-state index in [-0.39, 0.29) is 34.5 Å². The zero-order valence-electron chi connectivity index (χ0n) is 19.9. The van der Waals surface area contributed by atoms with Crippen LogP contribution in [0.15, 0.2) is 47.6 Å². The summed E-state index contributed by atoms with van der Waals surface area (Å²) in [5.41, 5.74) is 0.826. The molecule has 190 valence electrons. The van der Waals surface area contributed by atoms with Gasteiger partial charge in [0, 0.05) is 18.7 Å². The highest BCUT2D eigenvalue weighted by molar-refractivity contribution is 7.99. The van der Waals surface area contributed by atoms with E-state index in [1.807, 2.05) is 30.5 Å². The second-order valence-corrected chi connectivity index (χ2v) is 9.01. The van der Waals surface area contributed by atoms with E-state index < -0.39 is 16.9 Å². The van der Waals surface area contributed by atoms with Crippen LogP contribution in [0.3, 0.4) is 0 Å². The number of non-ortho nitro benzene ring substituents is 1. The van der Waals surface area contributed by atoms with E-state index >= 15 is 0 Å². The minimum Gasteiger partial charge on any atom is -0.497 e. The number of hydrogen-bond donors (Lipinski definition) is 2. The van der Waals surface area contributed by atoms with Gasteiger partial charge >= 0.3 is 0 Å². The highest BCUT2D eigenvalue weighted by atomic mass is 35.5. The molecule has 0 radical (unpaired) electrons. The molecule has 13 heteroatoms. The monoisotopic (exact) mass is 532 g/mol. The standard InChI is InChI=1S/C23H25ClN6O5S/c1-4-29-22(14(2)25-20(31)11-15-5-8-17(35-3)9-6-15)27-28-23(29)36-13-21(32)26-19-12-16(30(33)34)7-10-18(19)24/h5-10,12,14H,4,11,13H2,1-3H3,(H,25,31)(H,26,32)/t14-/m1/s1. The molecule has 0 unspecified atom stereocenters. The highest BCUT2D eigenvalue weighted by Crippen LogP contribution is 2.27. The van der Waals surface area contributed by atoms with E-state index in [2.05, 4.69) is 20.8 Å². The van der Waals surface area contributed by atoms with Crippen molar-refractivity contribution in [2.45, 2.75) is 38.0 Å². The lowest BCUT2D eigenvalue weighted by molar-refractivity contribution is -0.384. The summed E-state index contributed by atoms with van der Waals surface area (Å²) in [5.74, 6) is 0.687. The van der Waals surface area contributed by atoms with Crippen molar-refractivity contribution in [3.63, 3.8) is 0 Å². The first-order valence-electron chi connectivity index (χ1n) is 10.9. The molecule has 1 atom stereocenters. The maximum atomic E-state index is 12.5. The average Bonchev–Trinajstić information content (AvgIpc) is 3.27. The summed E-state index contributed by atoms with van der Waals surface area (Å²) < 4.78 is 6.95. The van der Waals surface area contributed by atoms with Gasteiger partial charge in [-0.05, 0) is 37.6 Å². The van der Waals surface area contributed by atoms with E-state index in [1.165, 1.54) is 18.2 Å². The van der Waals surface area contributed by atoms with Gasteiger partial charge in [0.2, 0.25) is 11.8 Å². The number of benzene rings is 2. The van der Waals surface area contributed by atoms with Crippen LogP contribution in [-0.2, 0) is 22.6 Å². The summed E-state index contributed by atoms with van der Waals surface area (Å²) in [6, 6.07) is 10.7. The number of nitro benzene ring substituents is 1. The number of thioether (sulfide) groups is 1. The summed E-state index contributed by atoms with van der Waals surface area (Å²) in [7, 11) is 1.58. The highest BCUT2D eigenvalue weighted by Gasteiger charge is 2.20. The number of hydrogen-bond acceptors (Lipinski definition) is 8. The first-order valence-corrected chi connectivity index (χ1v) is 12.3. The van der Waals surface area contributed by atoms with E-state index in [0.717, 1.165) is 23.1 Å². The van der Waals surface area contributed by atoms with E-state index in [4.69, 9.17) is 16.3 Å². The van der Waals surface area contributed by atoms with Crippen molar-refractivity contribution in [2.24, 2.45) is 0 Å². The number of anilines is 1. The number of nitrogens with one attached hydrogen (secondary N) is 2. The SMILES string of the molecule is CCn1c(SCC(=O)Nc2cc([N+](=O)[O-])ccc2Cl)nnc1[C@@H](C)NC(=O)Cc1ccc(OC)cc1. The fourth-order valence-electron chi connectivity index (χ4n) is 3.35. The van der Waals surface area contributed by atoms with Crippen LogP contribution in [0.4, 0.5) is 11.4 Å². The number of amides is 2. The van der Waals surface area contributed by atoms with Crippen molar-refractivity contribution in [1.82, 2.24) is 20.1 Å². The number of rotatable bonds is 11. The predicted molar refractivity (Wildman–Crippen MR) is 136 cm³/mol. The zero-order valence-corrected chi connectivity index (χ0v) is 21.4. The van der Waals surface area contributed by atoms with Crippen LogP contribution in [-0.4, -0.2) is 44.4 Å². The van der Waals surface area contributed by atoms with Gasteiger partial charge in [0.15, 0.2) is 11.0 Å². The van der Waals surface area contributed by atoms with Gasteiger partial charge in [-0.1, -0.05) is 35.5 Å². The van der Waals surface area contributed by atoms with Crippen molar-refractivity contribution in [3.8, 4) is 5.75 Å². The second kappa shape index (κ2) is 12.4. The molecule has 2 amide bonds. The third kappa shape index (κ3) is 6.95. The lowest BCUT2D eigenvalue weighted by Crippen LogP contribution is -2.30. The zero-order chi connectivity index (χ0) is 26.2. The van der Waals surface area contributed by atoms with Crippen LogP contribution in [0.5, 0.6) is 5.75 Å². The van der Waals surface area contributed by atoms with E-state index in [1.54, 1.807) is 19.2 Å². The number of nitro groups is 1. The van der Waals surface area contributed by atoms with Crippen LogP contribution in [0.2, 0.25) is 5.02 Å². The summed E-state index contributed by atoms with van der Waals surface area (Å²) in [5, 5.41) is 25.5. The lowest BCUT2D eigenvalue weighted by Gasteiger charge is -2.15. The summed E-state index contributed by atoms with van der Waals surface area (Å²) in [6.07, 6.45) is 0.205. The van der Waals surface area contributed by atoms with Crippen molar-refractivity contribution in [1.29, 1.82) is 0 Å². The maximum absolute atomic E-state index is 12.5. The van der Waals surface area contributed by atoms with Crippen LogP contribution in [0.1, 0.15) is 31.3 Å². The number of halogens is 1. The molecule has 3 rings (SSSR count). The van der Waals surface area contributed by atoms with Gasteiger partial charge in [-0.2, -0.15) is 0 Å². The lowest BCUT2D eigenvalue weighted by atomic mass is 10.1. The van der Waals surface area contributed by atoms with Gasteiger partial charge in [-0.25, -0.2) is 0 Å². The molecule has 2 aromatic carbocycles. The van der Waals surface area contributed by atoms with Crippen molar-refractivity contribution in [3.05, 3.63) is 69.0 Å². The van der Waals surface area contributed by atoms with Crippen LogP contribution in [0.25, 0.3) is 0 Å². The number of nitrogens with zero attached hydrogens (tertiary/aromatic N) is 4. The Morgan fingerprint density at radius 3 is 2.56 bits per heavy atom. The molecule has 2 N–H and O–H groups in total. The smallest absolute Gasteiger partial charge is 0.271 e. The molecule has 0 bridgehead atoms. The summed E-state index contributed by atoms with van der Waals surface area (Å²) in [4.78, 5) is 35.4. The Kier molecular flexibility index (Phi) is 9.25. The van der Waals surface area contributed by atoms with Crippen LogP contribution in [0, 0.1) is 10.1 Å². The van der Waals surface area contributed by atoms with Gasteiger partial charge < -0.3 is 19.9 Å². The molecular weight excluding hydrogens is 508 g/mol. The average molecular weight is 533 g/mol.